The van der Waals surface area contributed by atoms with Crippen molar-refractivity contribution in [1.82, 2.24) is 14.8 Å². The first-order chi connectivity index (χ1) is 13.5. The molecule has 0 unspecified atom stereocenters. The van der Waals surface area contributed by atoms with E-state index in [0.29, 0.717) is 24.6 Å². The van der Waals surface area contributed by atoms with E-state index in [-0.39, 0.29) is 22.9 Å². The second-order valence-electron chi connectivity index (χ2n) is 6.27. The smallest absolute Gasteiger partial charge is 0.287 e. The van der Waals surface area contributed by atoms with Gasteiger partial charge in [-0.25, -0.2) is 9.67 Å². The minimum absolute atomic E-state index is 0.0477. The van der Waals surface area contributed by atoms with Crippen LogP contribution in [0.2, 0.25) is 5.02 Å². The SMILES string of the molecule is Cc1ccc(NC(=O)CCNc2cnn(Cc3ccccc3)c(=O)c2Cl)nc1. The fraction of sp³-hybridized carbons (Fsp3) is 0.200. The fourth-order valence-electron chi connectivity index (χ4n) is 2.52. The average Bonchev–Trinajstić information content (AvgIpc) is 2.70. The molecule has 0 atom stereocenters. The number of amides is 1. The summed E-state index contributed by atoms with van der Waals surface area (Å²) in [6.45, 7) is 2.57. The molecule has 8 heteroatoms. The number of anilines is 2. The maximum atomic E-state index is 12.4. The van der Waals surface area contributed by atoms with Crippen LogP contribution in [0.25, 0.3) is 0 Å². The number of nitrogens with one attached hydrogen (secondary N) is 2. The zero-order chi connectivity index (χ0) is 19.9. The second kappa shape index (κ2) is 9.14. The molecule has 0 aliphatic heterocycles. The van der Waals surface area contributed by atoms with E-state index < -0.39 is 0 Å². The van der Waals surface area contributed by atoms with Crippen molar-refractivity contribution in [3.8, 4) is 0 Å². The summed E-state index contributed by atoms with van der Waals surface area (Å²) < 4.78 is 1.30. The summed E-state index contributed by atoms with van der Waals surface area (Å²) in [6.07, 6.45) is 3.37. The second-order valence-corrected chi connectivity index (χ2v) is 6.64. The number of aryl methyl sites for hydroxylation is 1. The number of halogens is 1. The Bertz CT molecular complexity index is 1000. The van der Waals surface area contributed by atoms with Crippen molar-refractivity contribution < 1.29 is 4.79 Å². The van der Waals surface area contributed by atoms with E-state index in [2.05, 4.69) is 20.7 Å². The molecular weight excluding hydrogens is 378 g/mol. The Morgan fingerprint density at radius 3 is 2.64 bits per heavy atom. The van der Waals surface area contributed by atoms with Crippen LogP contribution in [0.15, 0.2) is 59.7 Å². The highest BCUT2D eigenvalue weighted by molar-refractivity contribution is 6.32. The Balaban J connectivity index is 1.56. The van der Waals surface area contributed by atoms with Crippen LogP contribution in [-0.4, -0.2) is 27.2 Å². The van der Waals surface area contributed by atoms with Crippen molar-refractivity contribution in [3.05, 3.63) is 81.4 Å². The molecule has 0 spiro atoms. The van der Waals surface area contributed by atoms with Crippen LogP contribution in [0.1, 0.15) is 17.5 Å². The van der Waals surface area contributed by atoms with E-state index in [4.69, 9.17) is 11.6 Å². The summed E-state index contributed by atoms with van der Waals surface area (Å²) in [7, 11) is 0. The van der Waals surface area contributed by atoms with Crippen molar-refractivity contribution >= 4 is 29.0 Å². The van der Waals surface area contributed by atoms with Gasteiger partial charge in [0.05, 0.1) is 18.4 Å². The van der Waals surface area contributed by atoms with E-state index in [1.165, 1.54) is 10.9 Å². The van der Waals surface area contributed by atoms with Gasteiger partial charge in [0.15, 0.2) is 0 Å². The lowest BCUT2D eigenvalue weighted by atomic mass is 10.2. The molecule has 0 saturated heterocycles. The number of aromatic nitrogens is 3. The van der Waals surface area contributed by atoms with Crippen LogP contribution < -0.4 is 16.2 Å². The first kappa shape index (κ1) is 19.6. The van der Waals surface area contributed by atoms with Gasteiger partial charge in [-0.1, -0.05) is 48.0 Å². The topological polar surface area (TPSA) is 88.9 Å². The van der Waals surface area contributed by atoms with Gasteiger partial charge in [-0.2, -0.15) is 5.10 Å². The molecule has 7 nitrogen and oxygen atoms in total. The molecule has 1 amide bonds. The number of hydrogen-bond acceptors (Lipinski definition) is 5. The van der Waals surface area contributed by atoms with Gasteiger partial charge in [0.25, 0.3) is 5.56 Å². The highest BCUT2D eigenvalue weighted by atomic mass is 35.5. The number of carbonyl (C=O) groups excluding carboxylic acids is 1. The zero-order valence-corrected chi connectivity index (χ0v) is 16.1. The van der Waals surface area contributed by atoms with Gasteiger partial charge < -0.3 is 10.6 Å². The van der Waals surface area contributed by atoms with Gasteiger partial charge in [0.2, 0.25) is 5.91 Å². The molecule has 0 saturated carbocycles. The van der Waals surface area contributed by atoms with Crippen LogP contribution >= 0.6 is 11.6 Å². The minimum Gasteiger partial charge on any atom is -0.382 e. The monoisotopic (exact) mass is 397 g/mol. The lowest BCUT2D eigenvalue weighted by Crippen LogP contribution is -2.25. The molecular formula is C20H20ClN5O2. The standard InChI is InChI=1S/C20H20ClN5O2/c1-14-7-8-17(23-11-14)25-18(27)9-10-22-16-12-24-26(20(28)19(16)21)13-15-5-3-2-4-6-15/h2-8,11-12,22H,9-10,13H2,1H3,(H,23,25,27). The molecule has 0 aliphatic rings. The Hall–Kier alpha value is -3.19. The highest BCUT2D eigenvalue weighted by Gasteiger charge is 2.10. The molecule has 2 aromatic heterocycles. The fourth-order valence-corrected chi connectivity index (χ4v) is 2.73. The van der Waals surface area contributed by atoms with Crippen LogP contribution in [0, 0.1) is 6.92 Å². The third-order valence-electron chi connectivity index (χ3n) is 4.01. The molecule has 1 aromatic carbocycles. The number of nitrogens with zero attached hydrogens (tertiary/aromatic N) is 3. The van der Waals surface area contributed by atoms with Gasteiger partial charge in [0.1, 0.15) is 10.8 Å². The Labute approximate surface area is 167 Å². The minimum atomic E-state index is -0.385. The van der Waals surface area contributed by atoms with Crippen LogP contribution in [0.4, 0.5) is 11.5 Å². The lowest BCUT2D eigenvalue weighted by Gasteiger charge is -2.10. The largest absolute Gasteiger partial charge is 0.382 e. The van der Waals surface area contributed by atoms with Gasteiger partial charge in [-0.3, -0.25) is 9.59 Å². The van der Waals surface area contributed by atoms with Crippen LogP contribution in [0.3, 0.4) is 0 Å². The molecule has 0 fully saturated rings. The van der Waals surface area contributed by atoms with E-state index in [9.17, 15) is 9.59 Å². The predicted molar refractivity (Wildman–Crippen MR) is 110 cm³/mol. The van der Waals surface area contributed by atoms with Gasteiger partial charge in [-0.05, 0) is 24.1 Å². The van der Waals surface area contributed by atoms with Gasteiger partial charge in [-0.15, -0.1) is 0 Å². The Morgan fingerprint density at radius 2 is 1.93 bits per heavy atom. The highest BCUT2D eigenvalue weighted by Crippen LogP contribution is 2.15. The first-order valence-corrected chi connectivity index (χ1v) is 9.16. The Morgan fingerprint density at radius 1 is 1.14 bits per heavy atom. The zero-order valence-electron chi connectivity index (χ0n) is 15.4. The number of benzene rings is 1. The molecule has 2 heterocycles. The maximum absolute atomic E-state index is 12.4. The van der Waals surface area contributed by atoms with Crippen molar-refractivity contribution in [2.75, 3.05) is 17.2 Å². The Kier molecular flexibility index (Phi) is 6.39. The number of rotatable bonds is 7. The summed E-state index contributed by atoms with van der Waals surface area (Å²) >= 11 is 6.18. The van der Waals surface area contributed by atoms with Crippen molar-refractivity contribution in [2.24, 2.45) is 0 Å². The summed E-state index contributed by atoms with van der Waals surface area (Å²) in [6, 6.07) is 13.1. The molecule has 3 aromatic rings. The molecule has 144 valence electrons. The van der Waals surface area contributed by atoms with E-state index in [1.807, 2.05) is 43.3 Å². The number of carbonyl (C=O) groups is 1. The normalized spacial score (nSPS) is 10.5. The summed E-state index contributed by atoms with van der Waals surface area (Å²) in [4.78, 5) is 28.5. The molecule has 3 rings (SSSR count). The van der Waals surface area contributed by atoms with Gasteiger partial charge in [0, 0.05) is 19.2 Å². The molecule has 2 N–H and O–H groups in total. The van der Waals surface area contributed by atoms with Crippen molar-refractivity contribution in [1.29, 1.82) is 0 Å². The lowest BCUT2D eigenvalue weighted by molar-refractivity contribution is -0.116. The summed E-state index contributed by atoms with van der Waals surface area (Å²) in [5.74, 6) is 0.309. The van der Waals surface area contributed by atoms with E-state index in [1.54, 1.807) is 12.3 Å². The molecule has 0 bridgehead atoms. The van der Waals surface area contributed by atoms with Crippen LogP contribution in [-0.2, 0) is 11.3 Å². The van der Waals surface area contributed by atoms with Crippen molar-refractivity contribution in [3.63, 3.8) is 0 Å². The number of hydrogen-bond donors (Lipinski definition) is 2. The number of pyridine rings is 1. The third-order valence-corrected chi connectivity index (χ3v) is 4.37. The quantitative estimate of drug-likeness (QED) is 0.639. The van der Waals surface area contributed by atoms with Gasteiger partial charge >= 0.3 is 0 Å². The van der Waals surface area contributed by atoms with E-state index >= 15 is 0 Å². The molecule has 28 heavy (non-hydrogen) atoms. The first-order valence-electron chi connectivity index (χ1n) is 8.79. The summed E-state index contributed by atoms with van der Waals surface area (Å²) in [5.41, 5.74) is 1.99. The summed E-state index contributed by atoms with van der Waals surface area (Å²) in [5, 5.41) is 9.90. The average molecular weight is 398 g/mol. The van der Waals surface area contributed by atoms with Crippen LogP contribution in [0.5, 0.6) is 0 Å². The van der Waals surface area contributed by atoms with Crippen molar-refractivity contribution in [2.45, 2.75) is 19.9 Å². The van der Waals surface area contributed by atoms with E-state index in [0.717, 1.165) is 11.1 Å². The molecule has 0 aliphatic carbocycles. The predicted octanol–water partition coefficient (Wildman–Crippen LogP) is 3.09. The maximum Gasteiger partial charge on any atom is 0.287 e. The third kappa shape index (κ3) is 5.17. The molecule has 0 radical (unpaired) electrons.